The van der Waals surface area contributed by atoms with Crippen LogP contribution in [0, 0.1) is 6.92 Å². The van der Waals surface area contributed by atoms with Crippen molar-refractivity contribution in [1.82, 2.24) is 0 Å². The van der Waals surface area contributed by atoms with E-state index in [1.165, 1.54) is 5.56 Å². The SMILES string of the molecule is Cc1ccc(C(C)C)cc1CN1C(=O)C(O)(CC(=O)c2ccc(Cl)s2)c2cc(Br)ccc21. The van der Waals surface area contributed by atoms with Crippen molar-refractivity contribution in [1.29, 1.82) is 0 Å². The number of aryl methyl sites for hydroxylation is 1. The third kappa shape index (κ3) is 4.17. The van der Waals surface area contributed by atoms with Gasteiger partial charge in [-0.25, -0.2) is 0 Å². The molecule has 1 atom stereocenters. The lowest BCUT2D eigenvalue weighted by Gasteiger charge is -2.23. The van der Waals surface area contributed by atoms with Crippen molar-refractivity contribution >= 4 is 56.2 Å². The third-order valence-electron chi connectivity index (χ3n) is 5.93. The number of rotatable bonds is 6. The molecule has 3 aromatic rings. The molecule has 1 aliphatic heterocycles. The molecule has 32 heavy (non-hydrogen) atoms. The number of ketones is 1. The van der Waals surface area contributed by atoms with Gasteiger partial charge in [0.15, 0.2) is 11.4 Å². The van der Waals surface area contributed by atoms with Gasteiger partial charge in [-0.15, -0.1) is 11.3 Å². The molecule has 0 aliphatic carbocycles. The van der Waals surface area contributed by atoms with E-state index in [1.54, 1.807) is 23.1 Å². The second-order valence-electron chi connectivity index (χ2n) is 8.46. The topological polar surface area (TPSA) is 57.6 Å². The van der Waals surface area contributed by atoms with Gasteiger partial charge in [0, 0.05) is 10.0 Å². The molecule has 0 saturated carbocycles. The van der Waals surface area contributed by atoms with Crippen molar-refractivity contribution in [3.63, 3.8) is 0 Å². The second kappa shape index (κ2) is 8.75. The highest BCUT2D eigenvalue weighted by Crippen LogP contribution is 2.45. The van der Waals surface area contributed by atoms with Gasteiger partial charge in [-0.2, -0.15) is 0 Å². The van der Waals surface area contributed by atoms with Crippen molar-refractivity contribution < 1.29 is 14.7 Å². The van der Waals surface area contributed by atoms with E-state index in [1.807, 2.05) is 19.1 Å². The summed E-state index contributed by atoms with van der Waals surface area (Å²) in [5, 5.41) is 11.6. The standard InChI is InChI=1S/C25H23BrClNO3S/c1-14(2)16-5-4-15(3)17(10-16)13-28-20-7-6-18(26)11-19(20)25(31,24(28)30)12-21(29)22-8-9-23(27)32-22/h4-11,14,31H,12-13H2,1-3H3. The molecular weight excluding hydrogens is 510 g/mol. The molecule has 1 aromatic heterocycles. The van der Waals surface area contributed by atoms with Crippen LogP contribution in [-0.2, 0) is 16.9 Å². The molecule has 1 N–H and O–H groups in total. The number of carbonyl (C=O) groups is 2. The van der Waals surface area contributed by atoms with Gasteiger partial charge in [-0.05, 0) is 59.9 Å². The third-order valence-corrected chi connectivity index (χ3v) is 7.69. The Morgan fingerprint density at radius 2 is 1.94 bits per heavy atom. The largest absolute Gasteiger partial charge is 0.375 e. The molecule has 2 heterocycles. The minimum Gasteiger partial charge on any atom is -0.375 e. The summed E-state index contributed by atoms with van der Waals surface area (Å²) in [5.74, 6) is -0.446. The van der Waals surface area contributed by atoms with E-state index in [9.17, 15) is 14.7 Å². The summed E-state index contributed by atoms with van der Waals surface area (Å²) in [6.45, 7) is 6.59. The number of hydrogen-bond acceptors (Lipinski definition) is 4. The molecule has 1 aliphatic rings. The zero-order valence-corrected chi connectivity index (χ0v) is 21.1. The van der Waals surface area contributed by atoms with Gasteiger partial charge in [0.25, 0.3) is 5.91 Å². The Balaban J connectivity index is 1.73. The van der Waals surface area contributed by atoms with Gasteiger partial charge >= 0.3 is 0 Å². The molecule has 0 bridgehead atoms. The van der Waals surface area contributed by atoms with Gasteiger partial charge < -0.3 is 10.0 Å². The predicted octanol–water partition coefficient (Wildman–Crippen LogP) is 6.60. The summed E-state index contributed by atoms with van der Waals surface area (Å²) in [6.07, 6.45) is -0.340. The fraction of sp³-hybridized carbons (Fsp3) is 0.280. The molecule has 0 saturated heterocycles. The summed E-state index contributed by atoms with van der Waals surface area (Å²) in [6, 6.07) is 14.9. The first-order chi connectivity index (χ1) is 15.1. The molecule has 1 unspecified atom stereocenters. The number of Topliss-reactive ketones (excluding diaryl/α,β-unsaturated/α-hetero) is 1. The molecule has 166 valence electrons. The van der Waals surface area contributed by atoms with Crippen LogP contribution in [0.4, 0.5) is 5.69 Å². The van der Waals surface area contributed by atoms with Crippen LogP contribution in [0.5, 0.6) is 0 Å². The highest BCUT2D eigenvalue weighted by molar-refractivity contribution is 9.10. The minimum absolute atomic E-state index is 0.316. The highest BCUT2D eigenvalue weighted by Gasteiger charge is 2.51. The average molecular weight is 533 g/mol. The van der Waals surface area contributed by atoms with E-state index >= 15 is 0 Å². The van der Waals surface area contributed by atoms with Crippen molar-refractivity contribution in [3.8, 4) is 0 Å². The Kier molecular flexibility index (Phi) is 6.34. The summed E-state index contributed by atoms with van der Waals surface area (Å²) >= 11 is 10.5. The molecule has 4 rings (SSSR count). The average Bonchev–Trinajstić information content (AvgIpc) is 3.26. The minimum atomic E-state index is -1.93. The lowest BCUT2D eigenvalue weighted by atomic mass is 9.89. The van der Waals surface area contributed by atoms with Crippen molar-refractivity contribution in [2.75, 3.05) is 4.90 Å². The Morgan fingerprint density at radius 1 is 1.19 bits per heavy atom. The maximum atomic E-state index is 13.6. The number of halogens is 2. The maximum Gasteiger partial charge on any atom is 0.264 e. The van der Waals surface area contributed by atoms with Gasteiger partial charge in [0.2, 0.25) is 0 Å². The number of aliphatic hydroxyl groups is 1. The molecule has 2 aromatic carbocycles. The van der Waals surface area contributed by atoms with Gasteiger partial charge in [0.1, 0.15) is 0 Å². The van der Waals surface area contributed by atoms with Crippen LogP contribution in [0.1, 0.15) is 58.1 Å². The zero-order valence-electron chi connectivity index (χ0n) is 18.0. The normalized spacial score (nSPS) is 17.8. The van der Waals surface area contributed by atoms with Gasteiger partial charge in [-0.3, -0.25) is 9.59 Å². The molecule has 4 nitrogen and oxygen atoms in total. The Labute approximate surface area is 205 Å². The van der Waals surface area contributed by atoms with E-state index in [0.717, 1.165) is 26.9 Å². The number of nitrogens with zero attached hydrogens (tertiary/aromatic N) is 1. The Bertz CT molecular complexity index is 1220. The number of thiophene rings is 1. The van der Waals surface area contributed by atoms with Crippen LogP contribution in [0.15, 0.2) is 53.0 Å². The summed E-state index contributed by atoms with van der Waals surface area (Å²) in [7, 11) is 0. The van der Waals surface area contributed by atoms with E-state index in [0.29, 0.717) is 32.9 Å². The van der Waals surface area contributed by atoms with Crippen molar-refractivity contribution in [2.45, 2.75) is 45.3 Å². The van der Waals surface area contributed by atoms with Crippen LogP contribution >= 0.6 is 38.9 Å². The lowest BCUT2D eigenvalue weighted by Crippen LogP contribution is -2.41. The van der Waals surface area contributed by atoms with E-state index in [4.69, 9.17) is 11.6 Å². The first-order valence-electron chi connectivity index (χ1n) is 10.3. The zero-order chi connectivity index (χ0) is 23.2. The quantitative estimate of drug-likeness (QED) is 0.364. The van der Waals surface area contributed by atoms with Crippen molar-refractivity contribution in [2.24, 2.45) is 0 Å². The molecule has 0 fully saturated rings. The monoisotopic (exact) mass is 531 g/mol. The van der Waals surface area contributed by atoms with E-state index < -0.39 is 11.5 Å². The first kappa shape index (κ1) is 23.2. The Hall–Kier alpha value is -1.99. The van der Waals surface area contributed by atoms with Crippen LogP contribution in [0.3, 0.4) is 0 Å². The van der Waals surface area contributed by atoms with Gasteiger partial charge in [0.05, 0.1) is 27.9 Å². The predicted molar refractivity (Wildman–Crippen MR) is 133 cm³/mol. The molecule has 0 spiro atoms. The molecule has 0 radical (unpaired) electrons. The van der Waals surface area contributed by atoms with Gasteiger partial charge in [-0.1, -0.05) is 59.6 Å². The fourth-order valence-electron chi connectivity index (χ4n) is 4.03. The number of fused-ring (bicyclic) bond motifs is 1. The van der Waals surface area contributed by atoms with Crippen LogP contribution in [-0.4, -0.2) is 16.8 Å². The number of carbonyl (C=O) groups excluding carboxylic acids is 2. The van der Waals surface area contributed by atoms with Crippen LogP contribution in [0.25, 0.3) is 0 Å². The lowest BCUT2D eigenvalue weighted by molar-refractivity contribution is -0.136. The number of hydrogen-bond donors (Lipinski definition) is 1. The summed E-state index contributed by atoms with van der Waals surface area (Å²) in [4.78, 5) is 28.5. The fourth-order valence-corrected chi connectivity index (χ4v) is 5.37. The molecule has 7 heteroatoms. The first-order valence-corrected chi connectivity index (χ1v) is 12.3. The second-order valence-corrected chi connectivity index (χ2v) is 11.1. The maximum absolute atomic E-state index is 13.6. The van der Waals surface area contributed by atoms with E-state index in [-0.39, 0.29) is 12.2 Å². The number of benzene rings is 2. The molecular formula is C25H23BrClNO3S. The van der Waals surface area contributed by atoms with E-state index in [2.05, 4.69) is 48.0 Å². The highest BCUT2D eigenvalue weighted by atomic mass is 79.9. The van der Waals surface area contributed by atoms with Crippen molar-refractivity contribution in [3.05, 3.63) is 84.5 Å². The van der Waals surface area contributed by atoms with Crippen LogP contribution in [0.2, 0.25) is 4.34 Å². The summed E-state index contributed by atoms with van der Waals surface area (Å²) in [5.41, 5.74) is 2.39. The number of anilines is 1. The smallest absolute Gasteiger partial charge is 0.264 e. The van der Waals surface area contributed by atoms with Crippen LogP contribution < -0.4 is 4.90 Å². The summed E-state index contributed by atoms with van der Waals surface area (Å²) < 4.78 is 1.22. The Morgan fingerprint density at radius 3 is 2.59 bits per heavy atom. The number of amides is 1. The molecule has 1 amide bonds.